The number of hydrogen-bond donors (Lipinski definition) is 0. The molecule has 1 atom stereocenters. The summed E-state index contributed by atoms with van der Waals surface area (Å²) in [5, 5.41) is 0. The van der Waals surface area contributed by atoms with E-state index in [0.29, 0.717) is 24.4 Å². The van der Waals surface area contributed by atoms with Crippen LogP contribution in [0.1, 0.15) is 66.6 Å². The number of ether oxygens (including phenoxy) is 2. The molecule has 7 nitrogen and oxygen atoms in total. The van der Waals surface area contributed by atoms with E-state index in [1.807, 2.05) is 84.9 Å². The quantitative estimate of drug-likeness (QED) is 0.355. The molecule has 0 radical (unpaired) electrons. The molecule has 8 heteroatoms. The van der Waals surface area contributed by atoms with Gasteiger partial charge in [-0.05, 0) is 65.6 Å². The second-order valence-corrected chi connectivity index (χ2v) is 11.1. The minimum atomic E-state index is -0.565. The number of nitrogens with zero attached hydrogens (tertiary/aromatic N) is 2. The molecule has 0 bridgehead atoms. The van der Waals surface area contributed by atoms with Crippen molar-refractivity contribution >= 4 is 24.4 Å². The van der Waals surface area contributed by atoms with Crippen LogP contribution >= 0.6 is 0 Å². The summed E-state index contributed by atoms with van der Waals surface area (Å²) in [6, 6.07) is 15.2. The lowest BCUT2D eigenvalue weighted by Gasteiger charge is -2.32. The van der Waals surface area contributed by atoms with E-state index in [1.54, 1.807) is 24.1 Å². The molecule has 0 spiro atoms. The van der Waals surface area contributed by atoms with E-state index >= 15 is 0 Å². The van der Waals surface area contributed by atoms with Crippen molar-refractivity contribution in [3.05, 3.63) is 65.5 Å². The van der Waals surface area contributed by atoms with Gasteiger partial charge in [-0.1, -0.05) is 42.5 Å². The molecule has 192 valence electrons. The van der Waals surface area contributed by atoms with E-state index < -0.39 is 23.9 Å². The van der Waals surface area contributed by atoms with Gasteiger partial charge in [-0.15, -0.1) is 0 Å². The SMILES string of the molecule is [C-]#[N+]c1cc(B2OC(C)(C)C(C)(C)O2)ccc1OC(CCN(C)C(=O)OC(C)(C)C)c1ccccc1. The fraction of sp³-hybridized carbons (Fsp3) is 0.500. The molecule has 0 aromatic heterocycles. The van der Waals surface area contributed by atoms with Crippen molar-refractivity contribution in [2.75, 3.05) is 13.6 Å². The third kappa shape index (κ3) is 6.60. The molecule has 1 unspecified atom stereocenters. The highest BCUT2D eigenvalue weighted by Crippen LogP contribution is 2.38. The van der Waals surface area contributed by atoms with Crippen LogP contribution in [0.3, 0.4) is 0 Å². The third-order valence-electron chi connectivity index (χ3n) is 6.50. The molecule has 0 saturated carbocycles. The topological polar surface area (TPSA) is 61.6 Å². The predicted molar refractivity (Wildman–Crippen MR) is 142 cm³/mol. The lowest BCUT2D eigenvalue weighted by molar-refractivity contribution is 0.00578. The largest absolute Gasteiger partial charge is 0.497 e. The Balaban J connectivity index is 1.79. The first-order valence-electron chi connectivity index (χ1n) is 12.3. The van der Waals surface area contributed by atoms with E-state index in [0.717, 1.165) is 11.0 Å². The van der Waals surface area contributed by atoms with Crippen LogP contribution in [-0.2, 0) is 14.0 Å². The predicted octanol–water partition coefficient (Wildman–Crippen LogP) is 5.91. The zero-order valence-electron chi connectivity index (χ0n) is 22.6. The average Bonchev–Trinajstić information content (AvgIpc) is 3.02. The van der Waals surface area contributed by atoms with E-state index in [2.05, 4.69) is 4.85 Å². The van der Waals surface area contributed by atoms with Crippen LogP contribution in [0, 0.1) is 6.57 Å². The van der Waals surface area contributed by atoms with Gasteiger partial charge in [0.05, 0.1) is 17.8 Å². The second-order valence-electron chi connectivity index (χ2n) is 11.1. The van der Waals surface area contributed by atoms with Gasteiger partial charge < -0.3 is 23.7 Å². The fourth-order valence-electron chi connectivity index (χ4n) is 3.70. The molecule has 0 aliphatic carbocycles. The van der Waals surface area contributed by atoms with Crippen molar-refractivity contribution in [3.63, 3.8) is 0 Å². The molecule has 1 saturated heterocycles. The van der Waals surface area contributed by atoms with Crippen LogP contribution in [0.15, 0.2) is 48.5 Å². The smallest absolute Gasteiger partial charge is 0.493 e. The van der Waals surface area contributed by atoms with Gasteiger partial charge in [-0.25, -0.2) is 9.64 Å². The van der Waals surface area contributed by atoms with E-state index in [4.69, 9.17) is 25.4 Å². The van der Waals surface area contributed by atoms with Crippen molar-refractivity contribution in [1.82, 2.24) is 4.90 Å². The van der Waals surface area contributed by atoms with Gasteiger partial charge in [-0.2, -0.15) is 0 Å². The Morgan fingerprint density at radius 2 is 1.69 bits per heavy atom. The molecular weight excluding hydrogens is 455 g/mol. The van der Waals surface area contributed by atoms with Gasteiger partial charge in [0.15, 0.2) is 0 Å². The summed E-state index contributed by atoms with van der Waals surface area (Å²) in [5.41, 5.74) is 0.606. The Morgan fingerprint density at radius 3 is 2.25 bits per heavy atom. The normalized spacial score (nSPS) is 17.2. The Morgan fingerprint density at radius 1 is 1.08 bits per heavy atom. The Bertz CT molecular complexity index is 1090. The lowest BCUT2D eigenvalue weighted by atomic mass is 9.79. The van der Waals surface area contributed by atoms with Crippen LogP contribution in [0.2, 0.25) is 0 Å². The van der Waals surface area contributed by atoms with Gasteiger partial charge in [-0.3, -0.25) is 0 Å². The van der Waals surface area contributed by atoms with E-state index in [9.17, 15) is 4.79 Å². The summed E-state index contributed by atoms with van der Waals surface area (Å²) in [5.74, 6) is 0.471. The van der Waals surface area contributed by atoms with Gasteiger partial charge in [0.2, 0.25) is 5.69 Å². The molecule has 1 fully saturated rings. The Hall–Kier alpha value is -3.02. The molecule has 1 heterocycles. The molecule has 2 aromatic rings. The molecule has 1 amide bonds. The first-order valence-corrected chi connectivity index (χ1v) is 12.3. The first kappa shape index (κ1) is 27.6. The Kier molecular flexibility index (Phi) is 8.07. The van der Waals surface area contributed by atoms with Crippen molar-refractivity contribution in [2.24, 2.45) is 0 Å². The molecule has 3 rings (SSSR count). The first-order chi connectivity index (χ1) is 16.7. The van der Waals surface area contributed by atoms with Gasteiger partial charge in [0.1, 0.15) is 17.5 Å². The minimum absolute atomic E-state index is 0.362. The fourth-order valence-corrected chi connectivity index (χ4v) is 3.70. The summed E-state index contributed by atoms with van der Waals surface area (Å²) in [6.45, 7) is 21.7. The van der Waals surface area contributed by atoms with Crippen LogP contribution in [0.25, 0.3) is 4.85 Å². The lowest BCUT2D eigenvalue weighted by Crippen LogP contribution is -2.41. The maximum absolute atomic E-state index is 12.4. The molecule has 1 aliphatic rings. The Labute approximate surface area is 215 Å². The molecule has 2 aromatic carbocycles. The van der Waals surface area contributed by atoms with Crippen molar-refractivity contribution in [1.29, 1.82) is 0 Å². The van der Waals surface area contributed by atoms with Gasteiger partial charge >= 0.3 is 13.2 Å². The maximum Gasteiger partial charge on any atom is 0.493 e. The van der Waals surface area contributed by atoms with Crippen LogP contribution in [0.5, 0.6) is 5.75 Å². The zero-order chi connectivity index (χ0) is 26.7. The van der Waals surface area contributed by atoms with Crippen molar-refractivity contribution in [2.45, 2.75) is 77.8 Å². The number of hydrogen-bond acceptors (Lipinski definition) is 5. The number of carbonyl (C=O) groups is 1. The highest BCUT2D eigenvalue weighted by Gasteiger charge is 2.51. The number of carbonyl (C=O) groups excluding carboxylic acids is 1. The summed E-state index contributed by atoms with van der Waals surface area (Å²) < 4.78 is 24.1. The number of rotatable bonds is 7. The van der Waals surface area contributed by atoms with Crippen LogP contribution in [0.4, 0.5) is 10.5 Å². The zero-order valence-corrected chi connectivity index (χ0v) is 22.6. The maximum atomic E-state index is 12.4. The van der Waals surface area contributed by atoms with Crippen molar-refractivity contribution < 1.29 is 23.6 Å². The van der Waals surface area contributed by atoms with E-state index in [-0.39, 0.29) is 12.2 Å². The van der Waals surface area contributed by atoms with Gasteiger partial charge in [0.25, 0.3) is 0 Å². The summed E-state index contributed by atoms with van der Waals surface area (Å²) in [7, 11) is 1.15. The number of benzene rings is 2. The summed E-state index contributed by atoms with van der Waals surface area (Å²) in [4.78, 5) is 17.7. The summed E-state index contributed by atoms with van der Waals surface area (Å²) in [6.07, 6.45) is -0.224. The second kappa shape index (κ2) is 10.5. The highest BCUT2D eigenvalue weighted by molar-refractivity contribution is 6.62. The minimum Gasteiger partial charge on any atom is -0.497 e. The average molecular weight is 492 g/mol. The van der Waals surface area contributed by atoms with Crippen LogP contribution in [-0.4, -0.2) is 48.5 Å². The molecule has 0 N–H and O–H groups in total. The van der Waals surface area contributed by atoms with Crippen LogP contribution < -0.4 is 10.2 Å². The molecule has 36 heavy (non-hydrogen) atoms. The third-order valence-corrected chi connectivity index (χ3v) is 6.50. The number of amides is 1. The summed E-state index contributed by atoms with van der Waals surface area (Å²) >= 11 is 0. The van der Waals surface area contributed by atoms with Gasteiger partial charge in [0, 0.05) is 20.0 Å². The molecule has 1 aliphatic heterocycles. The van der Waals surface area contributed by atoms with E-state index in [1.165, 1.54) is 0 Å². The van der Waals surface area contributed by atoms with Crippen molar-refractivity contribution in [3.8, 4) is 5.75 Å². The molecular formula is C28H37BN2O5. The monoisotopic (exact) mass is 492 g/mol. The highest BCUT2D eigenvalue weighted by atomic mass is 16.7. The standard InChI is InChI=1S/C28H37BN2O5/c1-26(2,3)34-25(32)31(9)18-17-23(20-13-11-10-12-14-20)33-24-16-15-21(19-22(24)30-8)29-35-27(4,5)28(6,7)36-29/h10-16,19,23H,17-18H2,1-7,9H3.